The highest BCUT2D eigenvalue weighted by atomic mass is 15.3. The number of aromatic nitrogens is 4. The molecule has 3 aromatic rings. The predicted molar refractivity (Wildman–Crippen MR) is 78.8 cm³/mol. The third kappa shape index (κ3) is 2.56. The first-order valence-electron chi connectivity index (χ1n) is 6.71. The van der Waals surface area contributed by atoms with E-state index < -0.39 is 0 Å². The van der Waals surface area contributed by atoms with E-state index in [0.717, 1.165) is 24.5 Å². The molecule has 1 N–H and O–H groups in total. The highest BCUT2D eigenvalue weighted by Gasteiger charge is 2.01. The largest absolute Gasteiger partial charge is 0.379 e. The van der Waals surface area contributed by atoms with Crippen molar-refractivity contribution < 1.29 is 0 Å². The van der Waals surface area contributed by atoms with Crippen molar-refractivity contribution in [1.29, 1.82) is 0 Å². The molecular weight excluding hydrogens is 250 g/mol. The van der Waals surface area contributed by atoms with Gasteiger partial charge in [-0.05, 0) is 43.3 Å². The third-order valence-corrected chi connectivity index (χ3v) is 3.21. The summed E-state index contributed by atoms with van der Waals surface area (Å²) in [7, 11) is 0. The maximum Gasteiger partial charge on any atom is 0.0647 e. The average Bonchev–Trinajstić information content (AvgIpc) is 3.16. The molecule has 0 aliphatic rings. The van der Waals surface area contributed by atoms with E-state index in [1.54, 1.807) is 6.20 Å². The topological polar surface area (TPSA) is 47.7 Å². The van der Waals surface area contributed by atoms with Crippen molar-refractivity contribution in [2.45, 2.75) is 20.0 Å². The zero-order valence-corrected chi connectivity index (χ0v) is 11.4. The van der Waals surface area contributed by atoms with E-state index in [0.29, 0.717) is 0 Å². The standard InChI is InChI=1S/C15H17N5/c1-2-19-15(8-10-18-19)12-16-13-4-6-14(7-5-13)20-11-3-9-17-20/h3-11,16H,2,12H2,1H3. The molecular formula is C15H17N5. The van der Waals surface area contributed by atoms with Crippen LogP contribution >= 0.6 is 0 Å². The van der Waals surface area contributed by atoms with Gasteiger partial charge in [0.15, 0.2) is 0 Å². The minimum Gasteiger partial charge on any atom is -0.379 e. The Kier molecular flexibility index (Phi) is 3.50. The maximum atomic E-state index is 4.26. The smallest absolute Gasteiger partial charge is 0.0647 e. The highest BCUT2D eigenvalue weighted by molar-refractivity contribution is 5.48. The molecule has 0 unspecified atom stereocenters. The van der Waals surface area contributed by atoms with Gasteiger partial charge in [-0.15, -0.1) is 0 Å². The second kappa shape index (κ2) is 5.61. The first-order chi connectivity index (χ1) is 9.86. The number of hydrogen-bond donors (Lipinski definition) is 1. The van der Waals surface area contributed by atoms with Gasteiger partial charge in [0.2, 0.25) is 0 Å². The van der Waals surface area contributed by atoms with Gasteiger partial charge in [-0.3, -0.25) is 4.68 Å². The molecule has 2 heterocycles. The lowest BCUT2D eigenvalue weighted by Gasteiger charge is -2.09. The molecule has 0 spiro atoms. The van der Waals surface area contributed by atoms with Crippen LogP contribution in [0.5, 0.6) is 0 Å². The molecule has 2 aromatic heterocycles. The van der Waals surface area contributed by atoms with Crippen LogP contribution in [0.1, 0.15) is 12.6 Å². The predicted octanol–water partition coefficient (Wildman–Crippen LogP) is 2.70. The molecule has 3 rings (SSSR count). The Bertz CT molecular complexity index is 652. The average molecular weight is 267 g/mol. The fourth-order valence-corrected chi connectivity index (χ4v) is 2.14. The second-order valence-corrected chi connectivity index (χ2v) is 4.49. The lowest BCUT2D eigenvalue weighted by atomic mass is 10.2. The summed E-state index contributed by atoms with van der Waals surface area (Å²) in [5.41, 5.74) is 3.33. The second-order valence-electron chi connectivity index (χ2n) is 4.49. The molecule has 0 saturated carbocycles. The van der Waals surface area contributed by atoms with Gasteiger partial charge in [-0.25, -0.2) is 4.68 Å². The summed E-state index contributed by atoms with van der Waals surface area (Å²) >= 11 is 0. The summed E-state index contributed by atoms with van der Waals surface area (Å²) in [6.07, 6.45) is 5.54. The zero-order chi connectivity index (χ0) is 13.8. The zero-order valence-electron chi connectivity index (χ0n) is 11.4. The van der Waals surface area contributed by atoms with Crippen LogP contribution in [0.3, 0.4) is 0 Å². The Morgan fingerprint density at radius 2 is 1.90 bits per heavy atom. The third-order valence-electron chi connectivity index (χ3n) is 3.21. The SMILES string of the molecule is CCn1nccc1CNc1ccc(-n2cccn2)cc1. The summed E-state index contributed by atoms with van der Waals surface area (Å²) in [6, 6.07) is 12.2. The minimum absolute atomic E-state index is 0.773. The molecule has 20 heavy (non-hydrogen) atoms. The van der Waals surface area contributed by atoms with Gasteiger partial charge in [-0.2, -0.15) is 10.2 Å². The molecule has 0 atom stereocenters. The Labute approximate surface area is 117 Å². The molecule has 0 bridgehead atoms. The van der Waals surface area contributed by atoms with Crippen molar-refractivity contribution in [3.8, 4) is 5.69 Å². The number of nitrogens with one attached hydrogen (secondary N) is 1. The summed E-state index contributed by atoms with van der Waals surface area (Å²) in [5, 5.41) is 11.9. The number of hydrogen-bond acceptors (Lipinski definition) is 3. The van der Waals surface area contributed by atoms with Crippen LogP contribution in [0.25, 0.3) is 5.69 Å². The van der Waals surface area contributed by atoms with Gasteiger partial charge >= 0.3 is 0 Å². The highest BCUT2D eigenvalue weighted by Crippen LogP contribution is 2.13. The Balaban J connectivity index is 1.67. The number of benzene rings is 1. The number of aryl methyl sites for hydroxylation is 1. The van der Waals surface area contributed by atoms with Gasteiger partial charge in [-0.1, -0.05) is 0 Å². The van der Waals surface area contributed by atoms with E-state index >= 15 is 0 Å². The molecule has 0 amide bonds. The van der Waals surface area contributed by atoms with Crippen LogP contribution in [0, 0.1) is 0 Å². The van der Waals surface area contributed by atoms with Crippen molar-refractivity contribution in [2.24, 2.45) is 0 Å². The lowest BCUT2D eigenvalue weighted by molar-refractivity contribution is 0.627. The quantitative estimate of drug-likeness (QED) is 0.773. The van der Waals surface area contributed by atoms with Crippen LogP contribution in [0.2, 0.25) is 0 Å². The first-order valence-corrected chi connectivity index (χ1v) is 6.71. The minimum atomic E-state index is 0.773. The van der Waals surface area contributed by atoms with Crippen molar-refractivity contribution in [2.75, 3.05) is 5.32 Å². The van der Waals surface area contributed by atoms with E-state index in [4.69, 9.17) is 0 Å². The van der Waals surface area contributed by atoms with Gasteiger partial charge in [0.25, 0.3) is 0 Å². The first kappa shape index (κ1) is 12.5. The van der Waals surface area contributed by atoms with Gasteiger partial charge < -0.3 is 5.32 Å². The summed E-state index contributed by atoms with van der Waals surface area (Å²) < 4.78 is 3.83. The molecule has 0 aliphatic carbocycles. The van der Waals surface area contributed by atoms with E-state index in [9.17, 15) is 0 Å². The van der Waals surface area contributed by atoms with Gasteiger partial charge in [0.1, 0.15) is 0 Å². The fraction of sp³-hybridized carbons (Fsp3) is 0.200. The van der Waals surface area contributed by atoms with E-state index in [1.807, 2.05) is 46.0 Å². The molecule has 5 nitrogen and oxygen atoms in total. The van der Waals surface area contributed by atoms with Gasteiger partial charge in [0.05, 0.1) is 17.9 Å². The summed E-state index contributed by atoms with van der Waals surface area (Å²) in [6.45, 7) is 3.76. The Morgan fingerprint density at radius 1 is 1.05 bits per heavy atom. The number of rotatable bonds is 5. The van der Waals surface area contributed by atoms with Crippen LogP contribution in [0.15, 0.2) is 55.0 Å². The van der Waals surface area contributed by atoms with E-state index in [2.05, 4.69) is 34.6 Å². The van der Waals surface area contributed by atoms with Crippen molar-refractivity contribution in [3.63, 3.8) is 0 Å². The van der Waals surface area contributed by atoms with Crippen LogP contribution in [-0.2, 0) is 13.1 Å². The lowest BCUT2D eigenvalue weighted by Crippen LogP contribution is -2.07. The molecule has 1 aromatic carbocycles. The maximum absolute atomic E-state index is 4.26. The van der Waals surface area contributed by atoms with E-state index in [-0.39, 0.29) is 0 Å². The summed E-state index contributed by atoms with van der Waals surface area (Å²) in [5.74, 6) is 0. The monoisotopic (exact) mass is 267 g/mol. The molecule has 0 fully saturated rings. The molecule has 0 aliphatic heterocycles. The Hall–Kier alpha value is -2.56. The molecule has 0 radical (unpaired) electrons. The van der Waals surface area contributed by atoms with Crippen LogP contribution in [0.4, 0.5) is 5.69 Å². The van der Waals surface area contributed by atoms with Crippen molar-refractivity contribution in [3.05, 3.63) is 60.7 Å². The molecule has 0 saturated heterocycles. The number of nitrogens with zero attached hydrogens (tertiary/aromatic N) is 4. The molecule has 5 heteroatoms. The Morgan fingerprint density at radius 3 is 2.60 bits per heavy atom. The normalized spacial score (nSPS) is 10.7. The fourth-order valence-electron chi connectivity index (χ4n) is 2.14. The van der Waals surface area contributed by atoms with Gasteiger partial charge in [0, 0.05) is 30.8 Å². The van der Waals surface area contributed by atoms with Crippen LogP contribution < -0.4 is 5.32 Å². The number of anilines is 1. The summed E-state index contributed by atoms with van der Waals surface area (Å²) in [4.78, 5) is 0. The molecule has 102 valence electrons. The van der Waals surface area contributed by atoms with Crippen LogP contribution in [-0.4, -0.2) is 19.6 Å². The van der Waals surface area contributed by atoms with Crippen molar-refractivity contribution in [1.82, 2.24) is 19.6 Å². The van der Waals surface area contributed by atoms with Crippen molar-refractivity contribution >= 4 is 5.69 Å². The van der Waals surface area contributed by atoms with E-state index in [1.165, 1.54) is 5.69 Å².